The van der Waals surface area contributed by atoms with Gasteiger partial charge in [0.05, 0.1) is 5.92 Å². The Balaban J connectivity index is 0.000000322. The van der Waals surface area contributed by atoms with E-state index < -0.39 is 12.1 Å². The maximum absolute atomic E-state index is 11.9. The van der Waals surface area contributed by atoms with Gasteiger partial charge in [-0.2, -0.15) is 13.2 Å². The zero-order chi connectivity index (χ0) is 17.5. The monoisotopic (exact) mass is 352 g/mol. The van der Waals surface area contributed by atoms with Crippen LogP contribution in [-0.2, 0) is 9.59 Å². The third kappa shape index (κ3) is 7.34. The highest BCUT2D eigenvalue weighted by molar-refractivity contribution is 6.30. The van der Waals surface area contributed by atoms with Gasteiger partial charge in [0.25, 0.3) is 0 Å². The van der Waals surface area contributed by atoms with E-state index in [-0.39, 0.29) is 11.8 Å². The Kier molecular flexibility index (Phi) is 7.31. The molecule has 9 heteroatoms. The molecule has 5 nitrogen and oxygen atoms in total. The molecule has 23 heavy (non-hydrogen) atoms. The highest BCUT2D eigenvalue weighted by atomic mass is 35.5. The Morgan fingerprint density at radius 3 is 2.26 bits per heavy atom. The van der Waals surface area contributed by atoms with Crippen LogP contribution in [0.25, 0.3) is 0 Å². The van der Waals surface area contributed by atoms with Gasteiger partial charge in [-0.05, 0) is 43.7 Å². The molecular formula is C14H16ClF3N2O3. The number of aliphatic carboxylic acids is 1. The van der Waals surface area contributed by atoms with Crippen molar-refractivity contribution in [2.24, 2.45) is 5.92 Å². The molecule has 128 valence electrons. The number of hydrogen-bond acceptors (Lipinski definition) is 3. The third-order valence-corrected chi connectivity index (χ3v) is 3.27. The number of alkyl halides is 3. The second-order valence-corrected chi connectivity index (χ2v) is 5.28. The summed E-state index contributed by atoms with van der Waals surface area (Å²) in [6.07, 6.45) is -3.05. The number of benzene rings is 1. The van der Waals surface area contributed by atoms with Gasteiger partial charge in [0, 0.05) is 17.3 Å². The molecular weight excluding hydrogens is 337 g/mol. The lowest BCUT2D eigenvalue weighted by Gasteiger charge is -2.21. The normalized spacial score (nSPS) is 17.7. The molecule has 1 unspecified atom stereocenters. The molecule has 0 bridgehead atoms. The van der Waals surface area contributed by atoms with Crippen LogP contribution in [0.3, 0.4) is 0 Å². The number of nitrogens with one attached hydrogen (secondary N) is 2. The molecule has 0 spiro atoms. The molecule has 1 heterocycles. The first kappa shape index (κ1) is 19.2. The average Bonchev–Trinajstić information content (AvgIpc) is 2.50. The molecule has 1 aromatic carbocycles. The van der Waals surface area contributed by atoms with Gasteiger partial charge in [0.15, 0.2) is 0 Å². The fraction of sp³-hybridized carbons (Fsp3) is 0.429. The van der Waals surface area contributed by atoms with Gasteiger partial charge < -0.3 is 15.7 Å². The van der Waals surface area contributed by atoms with E-state index in [2.05, 4.69) is 10.6 Å². The van der Waals surface area contributed by atoms with Crippen LogP contribution in [0, 0.1) is 5.92 Å². The summed E-state index contributed by atoms with van der Waals surface area (Å²) in [7, 11) is 0. The van der Waals surface area contributed by atoms with Gasteiger partial charge >= 0.3 is 12.1 Å². The van der Waals surface area contributed by atoms with Crippen LogP contribution in [0.4, 0.5) is 18.9 Å². The topological polar surface area (TPSA) is 78.4 Å². The van der Waals surface area contributed by atoms with Crippen molar-refractivity contribution in [1.82, 2.24) is 5.32 Å². The van der Waals surface area contributed by atoms with Gasteiger partial charge in [-0.3, -0.25) is 4.79 Å². The van der Waals surface area contributed by atoms with Crippen molar-refractivity contribution in [3.8, 4) is 0 Å². The molecule has 1 saturated heterocycles. The van der Waals surface area contributed by atoms with Crippen molar-refractivity contribution in [3.05, 3.63) is 29.3 Å². The maximum Gasteiger partial charge on any atom is 0.490 e. The summed E-state index contributed by atoms with van der Waals surface area (Å²) in [6.45, 7) is 1.80. The smallest absolute Gasteiger partial charge is 0.475 e. The van der Waals surface area contributed by atoms with Crippen LogP contribution in [0.15, 0.2) is 24.3 Å². The summed E-state index contributed by atoms with van der Waals surface area (Å²) >= 11 is 5.77. The van der Waals surface area contributed by atoms with E-state index in [1.807, 2.05) is 12.1 Å². The zero-order valence-electron chi connectivity index (χ0n) is 12.0. The predicted octanol–water partition coefficient (Wildman–Crippen LogP) is 2.91. The molecule has 1 atom stereocenters. The molecule has 3 N–H and O–H groups in total. The fourth-order valence-corrected chi connectivity index (χ4v) is 1.98. The molecule has 0 radical (unpaired) electrons. The van der Waals surface area contributed by atoms with E-state index in [9.17, 15) is 18.0 Å². The summed E-state index contributed by atoms with van der Waals surface area (Å²) < 4.78 is 31.7. The number of rotatable bonds is 2. The molecule has 1 fully saturated rings. The van der Waals surface area contributed by atoms with Crippen LogP contribution in [0.2, 0.25) is 5.02 Å². The van der Waals surface area contributed by atoms with Crippen molar-refractivity contribution in [2.75, 3.05) is 18.4 Å². The number of carbonyl (C=O) groups is 2. The molecule has 1 aromatic rings. The second-order valence-electron chi connectivity index (χ2n) is 4.84. The number of carboxylic acids is 1. The number of hydrogen-bond donors (Lipinski definition) is 3. The Bertz CT molecular complexity index is 529. The highest BCUT2D eigenvalue weighted by Crippen LogP contribution is 2.16. The third-order valence-electron chi connectivity index (χ3n) is 3.02. The van der Waals surface area contributed by atoms with Crippen LogP contribution < -0.4 is 10.6 Å². The molecule has 1 amide bonds. The molecule has 2 rings (SSSR count). The minimum atomic E-state index is -5.08. The summed E-state index contributed by atoms with van der Waals surface area (Å²) in [5, 5.41) is 13.9. The van der Waals surface area contributed by atoms with Crippen molar-refractivity contribution >= 4 is 29.2 Å². The molecule has 1 aliphatic heterocycles. The van der Waals surface area contributed by atoms with E-state index in [4.69, 9.17) is 21.5 Å². The molecule has 1 aliphatic rings. The lowest BCUT2D eigenvalue weighted by Crippen LogP contribution is -2.37. The van der Waals surface area contributed by atoms with Gasteiger partial charge in [0.1, 0.15) is 0 Å². The van der Waals surface area contributed by atoms with E-state index in [1.165, 1.54) is 0 Å². The first-order valence-electron chi connectivity index (χ1n) is 6.77. The Morgan fingerprint density at radius 2 is 1.83 bits per heavy atom. The maximum atomic E-state index is 11.9. The largest absolute Gasteiger partial charge is 0.490 e. The van der Waals surface area contributed by atoms with Gasteiger partial charge in [-0.25, -0.2) is 4.79 Å². The summed E-state index contributed by atoms with van der Waals surface area (Å²) in [5.41, 5.74) is 0.806. The van der Waals surface area contributed by atoms with E-state index in [0.29, 0.717) is 5.02 Å². The Hall–Kier alpha value is -1.80. The number of carbonyl (C=O) groups excluding carboxylic acids is 1. The van der Waals surface area contributed by atoms with E-state index in [0.717, 1.165) is 31.6 Å². The first-order chi connectivity index (χ1) is 10.7. The van der Waals surface area contributed by atoms with E-state index in [1.54, 1.807) is 12.1 Å². The predicted molar refractivity (Wildman–Crippen MR) is 79.4 cm³/mol. The van der Waals surface area contributed by atoms with Gasteiger partial charge in [-0.15, -0.1) is 0 Å². The second kappa shape index (κ2) is 8.73. The number of amides is 1. The van der Waals surface area contributed by atoms with Crippen LogP contribution in [-0.4, -0.2) is 36.2 Å². The van der Waals surface area contributed by atoms with Crippen molar-refractivity contribution < 1.29 is 27.9 Å². The Morgan fingerprint density at radius 1 is 1.26 bits per heavy atom. The SMILES string of the molecule is O=C(Nc1ccc(Cl)cc1)C1CCCNC1.O=C(O)C(F)(F)F. The standard InChI is InChI=1S/C12H15ClN2O.C2HF3O2/c13-10-3-5-11(6-4-10)15-12(16)9-2-1-7-14-8-9;3-2(4,5)1(6)7/h3-6,9,14H,1-2,7-8H2,(H,15,16);(H,6,7). The van der Waals surface area contributed by atoms with Gasteiger partial charge in [0.2, 0.25) is 5.91 Å². The number of halogens is 4. The molecule has 0 aliphatic carbocycles. The lowest BCUT2D eigenvalue weighted by molar-refractivity contribution is -0.192. The van der Waals surface area contributed by atoms with Crippen molar-refractivity contribution in [2.45, 2.75) is 19.0 Å². The quantitative estimate of drug-likeness (QED) is 0.764. The van der Waals surface area contributed by atoms with Crippen molar-refractivity contribution in [3.63, 3.8) is 0 Å². The summed E-state index contributed by atoms with van der Waals surface area (Å²) in [5.74, 6) is -2.58. The lowest BCUT2D eigenvalue weighted by atomic mass is 9.99. The van der Waals surface area contributed by atoms with Crippen LogP contribution in [0.1, 0.15) is 12.8 Å². The average molecular weight is 353 g/mol. The minimum absolute atomic E-state index is 0.0874. The van der Waals surface area contributed by atoms with Gasteiger partial charge in [-0.1, -0.05) is 11.6 Å². The number of carboxylic acid groups (broad SMARTS) is 1. The number of piperidine rings is 1. The van der Waals surface area contributed by atoms with E-state index >= 15 is 0 Å². The zero-order valence-corrected chi connectivity index (χ0v) is 12.7. The molecule has 0 aromatic heterocycles. The van der Waals surface area contributed by atoms with Crippen LogP contribution in [0.5, 0.6) is 0 Å². The number of anilines is 1. The summed E-state index contributed by atoms with van der Waals surface area (Å²) in [6, 6.07) is 7.18. The molecule has 0 saturated carbocycles. The minimum Gasteiger partial charge on any atom is -0.475 e. The fourth-order valence-electron chi connectivity index (χ4n) is 1.85. The van der Waals surface area contributed by atoms with Crippen LogP contribution >= 0.6 is 11.6 Å². The summed E-state index contributed by atoms with van der Waals surface area (Å²) in [4.78, 5) is 20.8. The first-order valence-corrected chi connectivity index (χ1v) is 7.15. The van der Waals surface area contributed by atoms with Crippen molar-refractivity contribution in [1.29, 1.82) is 0 Å². The highest BCUT2D eigenvalue weighted by Gasteiger charge is 2.38. The Labute approximate surface area is 135 Å².